The molecule has 17 heavy (non-hydrogen) atoms. The number of unbranched alkanes of at least 4 members (excludes halogenated alkanes) is 1. The Morgan fingerprint density at radius 3 is 1.88 bits per heavy atom. The van der Waals surface area contributed by atoms with Crippen molar-refractivity contribution in [3.05, 3.63) is 36.5 Å². The normalized spacial score (nSPS) is 8.94. The van der Waals surface area contributed by atoms with Crippen LogP contribution >= 0.6 is 0 Å². The summed E-state index contributed by atoms with van der Waals surface area (Å²) in [6.07, 6.45) is 5.83. The lowest BCUT2D eigenvalue weighted by Gasteiger charge is -1.98. The highest BCUT2D eigenvalue weighted by Gasteiger charge is 2.00. The summed E-state index contributed by atoms with van der Waals surface area (Å²) in [6.45, 7) is 17.4. The minimum absolute atomic E-state index is 0. The molecule has 2 nitrogen and oxygen atoms in total. The van der Waals surface area contributed by atoms with Crippen LogP contribution < -0.4 is 5.32 Å². The van der Waals surface area contributed by atoms with Gasteiger partial charge in [0.15, 0.2) is 0 Å². The number of hydrogen-bond donors (Lipinski definition) is 1. The van der Waals surface area contributed by atoms with E-state index in [4.69, 9.17) is 0 Å². The Kier molecular flexibility index (Phi) is 21.1. The first kappa shape index (κ1) is 21.0. The van der Waals surface area contributed by atoms with Gasteiger partial charge in [-0.1, -0.05) is 65.3 Å². The maximum absolute atomic E-state index is 11.0. The minimum atomic E-state index is -0.136. The topological polar surface area (TPSA) is 29.1 Å². The molecule has 0 spiro atoms. The highest BCUT2D eigenvalue weighted by Crippen LogP contribution is 2.00. The average molecular weight is 241 g/mol. The molecule has 0 aromatic heterocycles. The SMILES string of the molecule is C=C/C(=C\C(=C)C)C(=O)NC.CC.CCCC.[HH]. The molecule has 0 fully saturated rings. The van der Waals surface area contributed by atoms with Crippen molar-refractivity contribution in [2.45, 2.75) is 47.5 Å². The first-order valence-corrected chi connectivity index (χ1v) is 6.25. The number of carbonyl (C=O) groups is 1. The third kappa shape index (κ3) is 17.3. The number of rotatable bonds is 4. The van der Waals surface area contributed by atoms with Gasteiger partial charge in [0.1, 0.15) is 0 Å². The first-order chi connectivity index (χ1) is 8.03. The molecule has 102 valence electrons. The summed E-state index contributed by atoms with van der Waals surface area (Å²) >= 11 is 0. The van der Waals surface area contributed by atoms with Crippen LogP contribution in [-0.4, -0.2) is 13.0 Å². The van der Waals surface area contributed by atoms with Crippen molar-refractivity contribution in [2.24, 2.45) is 0 Å². The molecule has 0 bridgehead atoms. The van der Waals surface area contributed by atoms with Gasteiger partial charge >= 0.3 is 0 Å². The third-order valence-corrected chi connectivity index (χ3v) is 1.61. The van der Waals surface area contributed by atoms with E-state index < -0.39 is 0 Å². The molecular formula is C15H31NO. The summed E-state index contributed by atoms with van der Waals surface area (Å²) in [4.78, 5) is 11.0. The minimum Gasteiger partial charge on any atom is -0.355 e. The second kappa shape index (κ2) is 17.1. The lowest BCUT2D eigenvalue weighted by Crippen LogP contribution is -2.18. The van der Waals surface area contributed by atoms with Crippen LogP contribution in [-0.2, 0) is 4.79 Å². The summed E-state index contributed by atoms with van der Waals surface area (Å²) in [5.41, 5.74) is 1.38. The fourth-order valence-electron chi connectivity index (χ4n) is 0.627. The van der Waals surface area contributed by atoms with E-state index in [-0.39, 0.29) is 7.33 Å². The molecule has 0 saturated heterocycles. The van der Waals surface area contributed by atoms with E-state index >= 15 is 0 Å². The van der Waals surface area contributed by atoms with E-state index in [1.165, 1.54) is 18.9 Å². The van der Waals surface area contributed by atoms with Gasteiger partial charge in [0.25, 0.3) is 5.91 Å². The molecule has 0 saturated carbocycles. The number of amides is 1. The fourth-order valence-corrected chi connectivity index (χ4v) is 0.627. The van der Waals surface area contributed by atoms with E-state index in [9.17, 15) is 4.79 Å². The maximum Gasteiger partial charge on any atom is 0.251 e. The standard InChI is InChI=1S/C9H13NO.C4H10.C2H6.H2/c1-5-8(6-7(2)3)9(11)10-4;1-3-4-2;1-2;/h5-6H,1-2H2,3-4H3,(H,10,11);3-4H2,1-2H3;1-2H3;1H/b8-6+;;;. The van der Waals surface area contributed by atoms with Crippen LogP contribution in [0.5, 0.6) is 0 Å². The highest BCUT2D eigenvalue weighted by atomic mass is 16.1. The lowest BCUT2D eigenvalue weighted by molar-refractivity contribution is -0.116. The van der Waals surface area contributed by atoms with Crippen LogP contribution in [0.4, 0.5) is 0 Å². The van der Waals surface area contributed by atoms with Gasteiger partial charge in [-0.2, -0.15) is 0 Å². The molecule has 0 aromatic rings. The van der Waals surface area contributed by atoms with E-state index in [1.54, 1.807) is 13.1 Å². The van der Waals surface area contributed by atoms with Crippen LogP contribution in [0.3, 0.4) is 0 Å². The van der Waals surface area contributed by atoms with E-state index in [2.05, 4.69) is 32.3 Å². The number of carbonyl (C=O) groups excluding carboxylic acids is 1. The Balaban J connectivity index is -0.000000119. The van der Waals surface area contributed by atoms with Crippen LogP contribution in [0.1, 0.15) is 48.9 Å². The van der Waals surface area contributed by atoms with Gasteiger partial charge in [0.05, 0.1) is 0 Å². The van der Waals surface area contributed by atoms with Crippen molar-refractivity contribution in [2.75, 3.05) is 7.05 Å². The third-order valence-electron chi connectivity index (χ3n) is 1.61. The Labute approximate surface area is 109 Å². The molecular weight excluding hydrogens is 210 g/mol. The molecule has 0 atom stereocenters. The summed E-state index contributed by atoms with van der Waals surface area (Å²) in [5, 5.41) is 2.50. The second-order valence-electron chi connectivity index (χ2n) is 3.23. The van der Waals surface area contributed by atoms with E-state index in [0.29, 0.717) is 5.57 Å². The van der Waals surface area contributed by atoms with Gasteiger partial charge in [-0.3, -0.25) is 4.79 Å². The zero-order valence-corrected chi connectivity index (χ0v) is 12.4. The number of allylic oxidation sites excluding steroid dienone is 2. The number of hydrogen-bond acceptors (Lipinski definition) is 1. The molecule has 0 heterocycles. The molecule has 1 amide bonds. The summed E-state index contributed by atoms with van der Waals surface area (Å²) in [5.74, 6) is -0.136. The molecule has 0 unspecified atom stereocenters. The van der Waals surface area contributed by atoms with Crippen LogP contribution in [0.2, 0.25) is 0 Å². The summed E-state index contributed by atoms with van der Waals surface area (Å²) in [6, 6.07) is 0. The van der Waals surface area contributed by atoms with Gasteiger partial charge in [-0.05, 0) is 13.0 Å². The van der Waals surface area contributed by atoms with Gasteiger partial charge in [-0.25, -0.2) is 0 Å². The molecule has 0 aromatic carbocycles. The van der Waals surface area contributed by atoms with Crippen molar-refractivity contribution in [3.63, 3.8) is 0 Å². The Bertz CT molecular complexity index is 243. The highest BCUT2D eigenvalue weighted by molar-refractivity contribution is 5.96. The smallest absolute Gasteiger partial charge is 0.251 e. The molecule has 0 aliphatic rings. The molecule has 0 radical (unpaired) electrons. The Morgan fingerprint density at radius 2 is 1.71 bits per heavy atom. The van der Waals surface area contributed by atoms with Crippen molar-refractivity contribution < 1.29 is 6.22 Å². The zero-order valence-electron chi connectivity index (χ0n) is 12.4. The van der Waals surface area contributed by atoms with Crippen molar-refractivity contribution in [1.29, 1.82) is 0 Å². The molecule has 2 heteroatoms. The lowest BCUT2D eigenvalue weighted by atomic mass is 10.2. The largest absolute Gasteiger partial charge is 0.355 e. The molecule has 0 rings (SSSR count). The van der Waals surface area contributed by atoms with Crippen molar-refractivity contribution in [3.8, 4) is 0 Å². The zero-order chi connectivity index (χ0) is 14.3. The summed E-state index contributed by atoms with van der Waals surface area (Å²) in [7, 11) is 1.58. The molecule has 0 aliphatic heterocycles. The Morgan fingerprint density at radius 1 is 1.29 bits per heavy atom. The molecule has 0 aliphatic carbocycles. The maximum atomic E-state index is 11.0. The summed E-state index contributed by atoms with van der Waals surface area (Å²) < 4.78 is 0. The van der Waals surface area contributed by atoms with Gasteiger partial charge in [-0.15, -0.1) is 0 Å². The second-order valence-corrected chi connectivity index (χ2v) is 3.23. The van der Waals surface area contributed by atoms with Crippen molar-refractivity contribution >= 4 is 5.91 Å². The predicted molar refractivity (Wildman–Crippen MR) is 81.2 cm³/mol. The van der Waals surface area contributed by atoms with Crippen molar-refractivity contribution in [1.82, 2.24) is 5.32 Å². The Hall–Kier alpha value is -1.31. The van der Waals surface area contributed by atoms with Crippen LogP contribution in [0.25, 0.3) is 0 Å². The van der Waals surface area contributed by atoms with Gasteiger partial charge < -0.3 is 5.32 Å². The number of nitrogens with one attached hydrogen (secondary N) is 1. The average Bonchev–Trinajstić information content (AvgIpc) is 2.37. The van der Waals surface area contributed by atoms with Crippen LogP contribution in [0.15, 0.2) is 36.5 Å². The van der Waals surface area contributed by atoms with E-state index in [0.717, 1.165) is 5.57 Å². The predicted octanol–water partition coefficient (Wildman–Crippen LogP) is 4.50. The van der Waals surface area contributed by atoms with Crippen LogP contribution in [0, 0.1) is 0 Å². The number of likely N-dealkylation sites (N-methyl/N-ethyl adjacent to an activating group) is 1. The quantitative estimate of drug-likeness (QED) is 0.570. The van der Waals surface area contributed by atoms with Gasteiger partial charge in [0.2, 0.25) is 0 Å². The molecule has 1 N–H and O–H groups in total. The van der Waals surface area contributed by atoms with Gasteiger partial charge in [0, 0.05) is 14.0 Å². The fraction of sp³-hybridized carbons (Fsp3) is 0.533. The monoisotopic (exact) mass is 241 g/mol. The first-order valence-electron chi connectivity index (χ1n) is 6.25. The van der Waals surface area contributed by atoms with E-state index in [1.807, 2.05) is 20.8 Å².